The maximum atomic E-state index is 5.51. The molecule has 0 saturated carbocycles. The molecule has 0 atom stereocenters. The normalized spacial score (nSPS) is 10.4. The first-order chi connectivity index (χ1) is 10.1. The maximum Gasteiger partial charge on any atom is 0.150 e. The molecule has 6 nitrogen and oxygen atoms in total. The molecule has 112 valence electrons. The average molecular weight is 305 g/mol. The van der Waals surface area contributed by atoms with Gasteiger partial charge in [-0.15, -0.1) is 5.10 Å². The highest BCUT2D eigenvalue weighted by Gasteiger charge is 2.12. The summed E-state index contributed by atoms with van der Waals surface area (Å²) in [5.74, 6) is 1.69. The summed E-state index contributed by atoms with van der Waals surface area (Å²) >= 11 is 5.51. The van der Waals surface area contributed by atoms with Gasteiger partial charge in [0.25, 0.3) is 0 Å². The molecule has 1 aromatic heterocycles. The summed E-state index contributed by atoms with van der Waals surface area (Å²) in [7, 11) is 5.47. The number of anilines is 1. The number of methoxy groups -OCH3 is 1. The molecule has 0 unspecified atom stereocenters. The fourth-order valence-electron chi connectivity index (χ4n) is 2.07. The van der Waals surface area contributed by atoms with E-state index in [1.54, 1.807) is 11.8 Å². The van der Waals surface area contributed by atoms with E-state index in [1.165, 1.54) is 0 Å². The predicted octanol–water partition coefficient (Wildman–Crippen LogP) is 2.01. The van der Waals surface area contributed by atoms with Gasteiger partial charge in [-0.1, -0.05) is 24.4 Å². The third kappa shape index (κ3) is 3.75. The van der Waals surface area contributed by atoms with Crippen LogP contribution in [0.2, 0.25) is 0 Å². The molecule has 0 saturated heterocycles. The van der Waals surface area contributed by atoms with Crippen molar-refractivity contribution < 1.29 is 4.74 Å². The topological polar surface area (TPSA) is 56.1 Å². The van der Waals surface area contributed by atoms with E-state index >= 15 is 0 Å². The number of benzene rings is 1. The standard InChI is InChI=1S/C14H19N5OS/c1-18(11-7-4-5-8-12(11)20-3)14(21)10-6-9-13-15-16-17-19(13)2/h4-5,7-8H,6,9-10H2,1-3H3. The van der Waals surface area contributed by atoms with Gasteiger partial charge in [-0.3, -0.25) is 0 Å². The van der Waals surface area contributed by atoms with Gasteiger partial charge in [0.05, 0.1) is 17.8 Å². The van der Waals surface area contributed by atoms with Gasteiger partial charge in [-0.25, -0.2) is 4.68 Å². The van der Waals surface area contributed by atoms with E-state index in [0.717, 1.165) is 41.5 Å². The maximum absolute atomic E-state index is 5.51. The zero-order valence-electron chi connectivity index (χ0n) is 12.5. The lowest BCUT2D eigenvalue weighted by Crippen LogP contribution is -2.24. The van der Waals surface area contributed by atoms with Crippen molar-refractivity contribution in [3.8, 4) is 5.75 Å². The van der Waals surface area contributed by atoms with Crippen molar-refractivity contribution in [1.29, 1.82) is 0 Å². The Hall–Kier alpha value is -2.02. The van der Waals surface area contributed by atoms with E-state index in [1.807, 2.05) is 43.3 Å². The molecule has 0 fully saturated rings. The number of nitrogens with zero attached hydrogens (tertiary/aromatic N) is 5. The van der Waals surface area contributed by atoms with E-state index in [4.69, 9.17) is 17.0 Å². The van der Waals surface area contributed by atoms with E-state index in [2.05, 4.69) is 15.5 Å². The van der Waals surface area contributed by atoms with Crippen molar-refractivity contribution in [1.82, 2.24) is 20.2 Å². The fraction of sp³-hybridized carbons (Fsp3) is 0.429. The summed E-state index contributed by atoms with van der Waals surface area (Å²) in [5, 5.41) is 11.4. The van der Waals surface area contributed by atoms with Gasteiger partial charge in [0, 0.05) is 20.5 Å². The number of aromatic nitrogens is 4. The fourth-order valence-corrected chi connectivity index (χ4v) is 2.31. The highest BCUT2D eigenvalue weighted by Crippen LogP contribution is 2.27. The molecule has 0 aliphatic heterocycles. The van der Waals surface area contributed by atoms with Crippen molar-refractivity contribution in [3.05, 3.63) is 30.1 Å². The van der Waals surface area contributed by atoms with Crippen molar-refractivity contribution in [2.75, 3.05) is 19.1 Å². The van der Waals surface area contributed by atoms with Crippen LogP contribution in [0.3, 0.4) is 0 Å². The van der Waals surface area contributed by atoms with E-state index in [-0.39, 0.29) is 0 Å². The highest BCUT2D eigenvalue weighted by atomic mass is 32.1. The Labute approximate surface area is 129 Å². The van der Waals surface area contributed by atoms with Crippen LogP contribution in [0.4, 0.5) is 5.69 Å². The number of hydrogen-bond donors (Lipinski definition) is 0. The summed E-state index contributed by atoms with van der Waals surface area (Å²) in [6, 6.07) is 7.85. The molecule has 2 aromatic rings. The van der Waals surface area contributed by atoms with E-state index in [0.29, 0.717) is 0 Å². The van der Waals surface area contributed by atoms with Crippen LogP contribution in [0.5, 0.6) is 5.75 Å². The average Bonchev–Trinajstić information content (AvgIpc) is 2.91. The molecule has 1 heterocycles. The predicted molar refractivity (Wildman–Crippen MR) is 85.7 cm³/mol. The third-order valence-corrected chi connectivity index (χ3v) is 3.80. The summed E-state index contributed by atoms with van der Waals surface area (Å²) in [5.41, 5.74) is 0.977. The van der Waals surface area contributed by atoms with Gasteiger partial charge in [-0.2, -0.15) is 0 Å². The van der Waals surface area contributed by atoms with Gasteiger partial charge in [0.1, 0.15) is 5.75 Å². The second-order valence-corrected chi connectivity index (χ2v) is 5.17. The number of aryl methyl sites for hydroxylation is 2. The van der Waals surface area contributed by atoms with Crippen molar-refractivity contribution in [2.45, 2.75) is 19.3 Å². The summed E-state index contributed by atoms with van der Waals surface area (Å²) < 4.78 is 7.05. The van der Waals surface area contributed by atoms with Crippen LogP contribution in [0.15, 0.2) is 24.3 Å². The Morgan fingerprint density at radius 3 is 2.81 bits per heavy atom. The number of rotatable bonds is 6. The lowest BCUT2D eigenvalue weighted by Gasteiger charge is -2.22. The lowest BCUT2D eigenvalue weighted by molar-refractivity contribution is 0.416. The molecule has 2 rings (SSSR count). The zero-order valence-corrected chi connectivity index (χ0v) is 13.3. The van der Waals surface area contributed by atoms with Gasteiger partial charge < -0.3 is 9.64 Å². The summed E-state index contributed by atoms with van der Waals surface area (Å²) in [6.45, 7) is 0. The molecular formula is C14H19N5OS. The lowest BCUT2D eigenvalue weighted by atomic mass is 10.2. The first-order valence-corrected chi connectivity index (χ1v) is 7.15. The molecule has 0 aliphatic rings. The molecular weight excluding hydrogens is 286 g/mol. The van der Waals surface area contributed by atoms with E-state index < -0.39 is 0 Å². The molecule has 0 N–H and O–H groups in total. The molecule has 0 aliphatic carbocycles. The van der Waals surface area contributed by atoms with Crippen LogP contribution in [-0.2, 0) is 13.5 Å². The van der Waals surface area contributed by atoms with Crippen LogP contribution in [0, 0.1) is 0 Å². The Kier molecular flexibility index (Phi) is 5.21. The molecule has 0 amide bonds. The Bertz CT molecular complexity index is 613. The van der Waals surface area contributed by atoms with Crippen LogP contribution in [0.1, 0.15) is 18.7 Å². The Morgan fingerprint density at radius 1 is 1.38 bits per heavy atom. The molecule has 0 spiro atoms. The molecule has 21 heavy (non-hydrogen) atoms. The Balaban J connectivity index is 1.92. The van der Waals surface area contributed by atoms with Crippen LogP contribution >= 0.6 is 12.2 Å². The molecule has 1 aromatic carbocycles. The molecule has 0 radical (unpaired) electrons. The minimum absolute atomic E-state index is 0.802. The number of para-hydroxylation sites is 2. The van der Waals surface area contributed by atoms with E-state index in [9.17, 15) is 0 Å². The van der Waals surface area contributed by atoms with Gasteiger partial charge in [-0.05, 0) is 35.4 Å². The minimum Gasteiger partial charge on any atom is -0.495 e. The third-order valence-electron chi connectivity index (χ3n) is 3.32. The van der Waals surface area contributed by atoms with Gasteiger partial charge >= 0.3 is 0 Å². The number of tetrazole rings is 1. The molecule has 7 heteroatoms. The number of thiocarbonyl (C=S) groups is 1. The van der Waals surface area contributed by atoms with Crippen LogP contribution in [-0.4, -0.2) is 39.4 Å². The van der Waals surface area contributed by atoms with Crippen molar-refractivity contribution in [2.24, 2.45) is 7.05 Å². The van der Waals surface area contributed by atoms with Gasteiger partial charge in [0.2, 0.25) is 0 Å². The first-order valence-electron chi connectivity index (χ1n) is 6.74. The number of hydrogen-bond acceptors (Lipinski definition) is 5. The largest absolute Gasteiger partial charge is 0.495 e. The number of ether oxygens (including phenoxy) is 1. The summed E-state index contributed by atoms with van der Waals surface area (Å²) in [4.78, 5) is 2.86. The Morgan fingerprint density at radius 2 is 2.14 bits per heavy atom. The van der Waals surface area contributed by atoms with Crippen molar-refractivity contribution in [3.63, 3.8) is 0 Å². The SMILES string of the molecule is COc1ccccc1N(C)C(=S)CCCc1nnnn1C. The molecule has 0 bridgehead atoms. The van der Waals surface area contributed by atoms with Crippen LogP contribution < -0.4 is 9.64 Å². The summed E-state index contributed by atoms with van der Waals surface area (Å²) in [6.07, 6.45) is 2.52. The second-order valence-electron chi connectivity index (χ2n) is 4.70. The van der Waals surface area contributed by atoms with Crippen molar-refractivity contribution >= 4 is 22.9 Å². The quantitative estimate of drug-likeness (QED) is 0.761. The zero-order chi connectivity index (χ0) is 15.2. The second kappa shape index (κ2) is 7.12. The first kappa shape index (κ1) is 15.4. The smallest absolute Gasteiger partial charge is 0.150 e. The van der Waals surface area contributed by atoms with Gasteiger partial charge in [0.15, 0.2) is 5.82 Å². The monoisotopic (exact) mass is 305 g/mol. The van der Waals surface area contributed by atoms with Crippen LogP contribution in [0.25, 0.3) is 0 Å². The minimum atomic E-state index is 0.802. The highest BCUT2D eigenvalue weighted by molar-refractivity contribution is 7.80.